The highest BCUT2D eigenvalue weighted by Crippen LogP contribution is 2.15. The van der Waals surface area contributed by atoms with Crippen LogP contribution >= 0.6 is 0 Å². The summed E-state index contributed by atoms with van der Waals surface area (Å²) in [6, 6.07) is 6.16. The largest absolute Gasteiger partial charge is 0.481 e. The molecule has 90 valence electrons. The van der Waals surface area contributed by atoms with Gasteiger partial charge in [-0.3, -0.25) is 4.79 Å². The fourth-order valence-corrected chi connectivity index (χ4v) is 1.95. The molecule has 1 heterocycles. The molecule has 4 heteroatoms. The molecule has 0 bridgehead atoms. The van der Waals surface area contributed by atoms with Gasteiger partial charge in [0.05, 0.1) is 11.0 Å². The zero-order valence-corrected chi connectivity index (χ0v) is 9.86. The fourth-order valence-electron chi connectivity index (χ4n) is 1.95. The highest BCUT2D eigenvalue weighted by atomic mass is 16.4. The van der Waals surface area contributed by atoms with E-state index in [2.05, 4.69) is 22.1 Å². The van der Waals surface area contributed by atoms with Crippen molar-refractivity contribution in [3.05, 3.63) is 29.6 Å². The molecule has 0 fully saturated rings. The highest BCUT2D eigenvalue weighted by Gasteiger charge is 2.02. The number of aryl methyl sites for hydroxylation is 2. The SMILES string of the molecule is Cc1nc2ccc(CCCCC(=O)O)cc2[nH]1. The number of unbranched alkanes of at least 4 members (excludes halogenated alkanes) is 1. The Kier molecular flexibility index (Phi) is 3.42. The van der Waals surface area contributed by atoms with Crippen molar-refractivity contribution < 1.29 is 9.90 Å². The van der Waals surface area contributed by atoms with Crippen LogP contribution in [0, 0.1) is 6.92 Å². The summed E-state index contributed by atoms with van der Waals surface area (Å²) >= 11 is 0. The van der Waals surface area contributed by atoms with Gasteiger partial charge in [0.15, 0.2) is 0 Å². The molecule has 4 nitrogen and oxygen atoms in total. The van der Waals surface area contributed by atoms with Crippen LogP contribution in [0.2, 0.25) is 0 Å². The second kappa shape index (κ2) is 4.99. The van der Waals surface area contributed by atoms with Crippen molar-refractivity contribution in [2.75, 3.05) is 0 Å². The summed E-state index contributed by atoms with van der Waals surface area (Å²) in [7, 11) is 0. The minimum Gasteiger partial charge on any atom is -0.481 e. The van der Waals surface area contributed by atoms with E-state index in [1.54, 1.807) is 0 Å². The van der Waals surface area contributed by atoms with Gasteiger partial charge < -0.3 is 10.1 Å². The van der Waals surface area contributed by atoms with Crippen molar-refractivity contribution in [2.45, 2.75) is 32.6 Å². The number of aliphatic carboxylic acids is 1. The van der Waals surface area contributed by atoms with Gasteiger partial charge in [0, 0.05) is 6.42 Å². The van der Waals surface area contributed by atoms with Crippen molar-refractivity contribution in [3.8, 4) is 0 Å². The molecular weight excluding hydrogens is 216 g/mol. The lowest BCUT2D eigenvalue weighted by atomic mass is 10.1. The number of fused-ring (bicyclic) bond motifs is 1. The van der Waals surface area contributed by atoms with Crippen molar-refractivity contribution in [1.82, 2.24) is 9.97 Å². The summed E-state index contributed by atoms with van der Waals surface area (Å²) in [5.74, 6) is 0.202. The van der Waals surface area contributed by atoms with Gasteiger partial charge in [0.2, 0.25) is 0 Å². The number of rotatable bonds is 5. The van der Waals surface area contributed by atoms with Gasteiger partial charge in [-0.05, 0) is 43.9 Å². The maximum atomic E-state index is 10.4. The molecule has 0 unspecified atom stereocenters. The van der Waals surface area contributed by atoms with E-state index in [0.29, 0.717) is 0 Å². The van der Waals surface area contributed by atoms with Gasteiger partial charge in [0.25, 0.3) is 0 Å². The molecule has 0 amide bonds. The first kappa shape index (κ1) is 11.6. The number of aromatic nitrogens is 2. The number of hydrogen-bond donors (Lipinski definition) is 2. The van der Waals surface area contributed by atoms with Crippen molar-refractivity contribution in [1.29, 1.82) is 0 Å². The van der Waals surface area contributed by atoms with Crippen LogP contribution in [0.4, 0.5) is 0 Å². The van der Waals surface area contributed by atoms with Gasteiger partial charge in [-0.25, -0.2) is 4.98 Å². The summed E-state index contributed by atoms with van der Waals surface area (Å²) in [5.41, 5.74) is 3.27. The van der Waals surface area contributed by atoms with Crippen LogP contribution in [-0.4, -0.2) is 21.0 Å². The number of carbonyl (C=O) groups is 1. The molecule has 17 heavy (non-hydrogen) atoms. The third-order valence-electron chi connectivity index (χ3n) is 2.77. The molecule has 0 saturated carbocycles. The molecule has 0 aliphatic carbocycles. The number of nitrogens with zero attached hydrogens (tertiary/aromatic N) is 1. The minimum atomic E-state index is -0.718. The van der Waals surface area contributed by atoms with Crippen molar-refractivity contribution in [3.63, 3.8) is 0 Å². The molecule has 0 aliphatic rings. The zero-order valence-electron chi connectivity index (χ0n) is 9.86. The quantitative estimate of drug-likeness (QED) is 0.779. The Hall–Kier alpha value is -1.84. The number of nitrogens with one attached hydrogen (secondary N) is 1. The Morgan fingerprint density at radius 3 is 3.00 bits per heavy atom. The standard InChI is InChI=1S/C13H16N2O2/c1-9-14-11-7-6-10(8-12(11)15-9)4-2-3-5-13(16)17/h6-8H,2-5H2,1H3,(H,14,15)(H,16,17). The Morgan fingerprint density at radius 1 is 1.41 bits per heavy atom. The summed E-state index contributed by atoms with van der Waals surface area (Å²) in [6.07, 6.45) is 2.81. The monoisotopic (exact) mass is 232 g/mol. The van der Waals surface area contributed by atoms with E-state index in [9.17, 15) is 4.79 Å². The molecule has 0 atom stereocenters. The van der Waals surface area contributed by atoms with Crippen LogP contribution in [0.15, 0.2) is 18.2 Å². The average Bonchev–Trinajstić information content (AvgIpc) is 2.63. The van der Waals surface area contributed by atoms with Gasteiger partial charge in [-0.1, -0.05) is 6.07 Å². The van der Waals surface area contributed by atoms with Gasteiger partial charge in [-0.15, -0.1) is 0 Å². The summed E-state index contributed by atoms with van der Waals surface area (Å²) in [4.78, 5) is 17.9. The van der Waals surface area contributed by atoms with Crippen molar-refractivity contribution >= 4 is 17.0 Å². The molecule has 0 aliphatic heterocycles. The zero-order chi connectivity index (χ0) is 12.3. The number of hydrogen-bond acceptors (Lipinski definition) is 2. The maximum absolute atomic E-state index is 10.4. The fraction of sp³-hybridized carbons (Fsp3) is 0.385. The van der Waals surface area contributed by atoms with E-state index in [1.807, 2.05) is 13.0 Å². The first-order chi connectivity index (χ1) is 8.15. The van der Waals surface area contributed by atoms with E-state index < -0.39 is 5.97 Å². The van der Waals surface area contributed by atoms with Crippen LogP contribution < -0.4 is 0 Å². The number of carboxylic acid groups (broad SMARTS) is 1. The van der Waals surface area contributed by atoms with Crippen LogP contribution in [0.5, 0.6) is 0 Å². The first-order valence-corrected chi connectivity index (χ1v) is 5.82. The van der Waals surface area contributed by atoms with E-state index in [0.717, 1.165) is 36.1 Å². The number of imidazole rings is 1. The Bertz CT molecular complexity index is 531. The molecule has 1 aromatic heterocycles. The lowest BCUT2D eigenvalue weighted by Gasteiger charge is -2.00. The third kappa shape index (κ3) is 3.06. The minimum absolute atomic E-state index is 0.255. The molecule has 2 rings (SSSR count). The Morgan fingerprint density at radius 2 is 2.24 bits per heavy atom. The number of benzene rings is 1. The van der Waals surface area contributed by atoms with Crippen LogP contribution in [0.1, 0.15) is 30.7 Å². The van der Waals surface area contributed by atoms with Crippen LogP contribution in [0.3, 0.4) is 0 Å². The topological polar surface area (TPSA) is 66.0 Å². The summed E-state index contributed by atoms with van der Waals surface area (Å²) in [6.45, 7) is 1.94. The number of H-pyrrole nitrogens is 1. The second-order valence-electron chi connectivity index (χ2n) is 4.27. The molecule has 0 saturated heterocycles. The van der Waals surface area contributed by atoms with E-state index in [4.69, 9.17) is 5.11 Å². The summed E-state index contributed by atoms with van der Waals surface area (Å²) in [5, 5.41) is 8.54. The maximum Gasteiger partial charge on any atom is 0.303 e. The predicted octanol–water partition coefficient (Wildman–Crippen LogP) is 2.67. The molecular formula is C13H16N2O2. The molecule has 2 aromatic rings. The Balaban J connectivity index is 1.96. The highest BCUT2D eigenvalue weighted by molar-refractivity contribution is 5.75. The van der Waals surface area contributed by atoms with Gasteiger partial charge >= 0.3 is 5.97 Å². The van der Waals surface area contributed by atoms with E-state index in [1.165, 1.54) is 5.56 Å². The molecule has 0 spiro atoms. The normalized spacial score (nSPS) is 10.9. The lowest BCUT2D eigenvalue weighted by molar-refractivity contribution is -0.137. The second-order valence-corrected chi connectivity index (χ2v) is 4.27. The first-order valence-electron chi connectivity index (χ1n) is 5.82. The number of carboxylic acids is 1. The Labute approximate surface area is 99.7 Å². The smallest absolute Gasteiger partial charge is 0.303 e. The van der Waals surface area contributed by atoms with E-state index in [-0.39, 0.29) is 6.42 Å². The summed E-state index contributed by atoms with van der Waals surface area (Å²) < 4.78 is 0. The van der Waals surface area contributed by atoms with Crippen molar-refractivity contribution in [2.24, 2.45) is 0 Å². The molecule has 1 aromatic carbocycles. The van der Waals surface area contributed by atoms with Crippen LogP contribution in [0.25, 0.3) is 11.0 Å². The van der Waals surface area contributed by atoms with E-state index >= 15 is 0 Å². The molecule has 0 radical (unpaired) electrons. The third-order valence-corrected chi connectivity index (χ3v) is 2.77. The van der Waals surface area contributed by atoms with Crippen LogP contribution in [-0.2, 0) is 11.2 Å². The average molecular weight is 232 g/mol. The molecule has 2 N–H and O–H groups in total. The van der Waals surface area contributed by atoms with Gasteiger partial charge in [-0.2, -0.15) is 0 Å². The van der Waals surface area contributed by atoms with Gasteiger partial charge in [0.1, 0.15) is 5.82 Å². The number of aromatic amines is 1. The predicted molar refractivity (Wildman–Crippen MR) is 66.0 cm³/mol. The lowest BCUT2D eigenvalue weighted by Crippen LogP contribution is -1.94.